The van der Waals surface area contributed by atoms with E-state index in [0.717, 1.165) is 5.69 Å². The summed E-state index contributed by atoms with van der Waals surface area (Å²) < 4.78 is 26.8. The van der Waals surface area contributed by atoms with Crippen LogP contribution in [0.4, 0.5) is 11.4 Å². The van der Waals surface area contributed by atoms with Gasteiger partial charge in [-0.15, -0.1) is 0 Å². The number of hydrogen-bond donors (Lipinski definition) is 2. The Hall–Kier alpha value is -2.05. The Kier molecular flexibility index (Phi) is 4.82. The third-order valence-electron chi connectivity index (χ3n) is 3.10. The van der Waals surface area contributed by atoms with Crippen molar-refractivity contribution in [2.24, 2.45) is 0 Å². The fourth-order valence-corrected chi connectivity index (χ4v) is 3.00. The van der Waals surface area contributed by atoms with E-state index < -0.39 is 10.0 Å². The minimum Gasteiger partial charge on any atom is -0.399 e. The molecule has 2 aromatic rings. The molecule has 0 spiro atoms. The van der Waals surface area contributed by atoms with Crippen LogP contribution in [-0.4, -0.2) is 28.6 Å². The topological polar surface area (TPSA) is 75.4 Å². The van der Waals surface area contributed by atoms with Gasteiger partial charge in [-0.1, -0.05) is 24.3 Å². The van der Waals surface area contributed by atoms with E-state index in [0.29, 0.717) is 18.8 Å². The van der Waals surface area contributed by atoms with E-state index in [1.165, 1.54) is 12.1 Å². The predicted octanol–water partition coefficient (Wildman–Crippen LogP) is 1.68. The molecule has 2 rings (SSSR count). The molecule has 112 valence electrons. The third-order valence-corrected chi connectivity index (χ3v) is 4.56. The van der Waals surface area contributed by atoms with Gasteiger partial charge in [-0.05, 0) is 30.3 Å². The lowest BCUT2D eigenvalue weighted by Gasteiger charge is -2.19. The van der Waals surface area contributed by atoms with Crippen LogP contribution >= 0.6 is 0 Å². The lowest BCUT2D eigenvalue weighted by molar-refractivity contribution is 0.581. The molecule has 3 N–H and O–H groups in total. The third kappa shape index (κ3) is 4.21. The molecular formula is C15H19N3O2S. The molecule has 0 unspecified atom stereocenters. The maximum atomic E-state index is 12.1. The van der Waals surface area contributed by atoms with Gasteiger partial charge in [0.05, 0.1) is 4.90 Å². The Labute approximate surface area is 125 Å². The van der Waals surface area contributed by atoms with Crippen molar-refractivity contribution in [3.63, 3.8) is 0 Å². The Morgan fingerprint density at radius 3 is 2.48 bits per heavy atom. The minimum atomic E-state index is -3.52. The smallest absolute Gasteiger partial charge is 0.240 e. The van der Waals surface area contributed by atoms with Gasteiger partial charge in [0.2, 0.25) is 10.0 Å². The zero-order valence-corrected chi connectivity index (χ0v) is 12.7. The van der Waals surface area contributed by atoms with Crippen LogP contribution in [0.25, 0.3) is 0 Å². The first kappa shape index (κ1) is 15.3. The van der Waals surface area contributed by atoms with Crippen molar-refractivity contribution in [2.45, 2.75) is 4.90 Å². The highest BCUT2D eigenvalue weighted by Gasteiger charge is 2.13. The summed E-state index contributed by atoms with van der Waals surface area (Å²) in [7, 11) is -1.60. The van der Waals surface area contributed by atoms with Crippen LogP contribution in [-0.2, 0) is 10.0 Å². The molecule has 6 heteroatoms. The molecule has 0 radical (unpaired) electrons. The summed E-state index contributed by atoms with van der Waals surface area (Å²) in [6, 6.07) is 16.1. The monoisotopic (exact) mass is 305 g/mol. The van der Waals surface area contributed by atoms with Crippen LogP contribution in [0, 0.1) is 0 Å². The predicted molar refractivity (Wildman–Crippen MR) is 85.8 cm³/mol. The van der Waals surface area contributed by atoms with Gasteiger partial charge in [0.25, 0.3) is 0 Å². The molecule has 0 atom stereocenters. The first-order chi connectivity index (χ1) is 9.99. The van der Waals surface area contributed by atoms with E-state index in [-0.39, 0.29) is 4.90 Å². The molecule has 0 bridgehead atoms. The fraction of sp³-hybridized carbons (Fsp3) is 0.200. The molecular weight excluding hydrogens is 286 g/mol. The van der Waals surface area contributed by atoms with Crippen molar-refractivity contribution in [3.8, 4) is 0 Å². The molecule has 0 saturated heterocycles. The van der Waals surface area contributed by atoms with Gasteiger partial charge in [-0.2, -0.15) is 0 Å². The molecule has 0 aliphatic heterocycles. The van der Waals surface area contributed by atoms with Crippen LogP contribution in [0.5, 0.6) is 0 Å². The van der Waals surface area contributed by atoms with Crippen LogP contribution in [0.3, 0.4) is 0 Å². The quantitative estimate of drug-likeness (QED) is 0.796. The van der Waals surface area contributed by atoms with E-state index in [9.17, 15) is 8.42 Å². The van der Waals surface area contributed by atoms with Crippen LogP contribution < -0.4 is 15.4 Å². The number of nitrogens with zero attached hydrogens (tertiary/aromatic N) is 1. The highest BCUT2D eigenvalue weighted by Crippen LogP contribution is 2.13. The zero-order valence-electron chi connectivity index (χ0n) is 11.9. The molecule has 0 heterocycles. The SMILES string of the molecule is CN(CCNS(=O)(=O)c1cccc(N)c1)c1ccccc1. The van der Waals surface area contributed by atoms with Gasteiger partial charge in [-0.3, -0.25) is 0 Å². The standard InChI is InChI=1S/C15H19N3O2S/c1-18(14-7-3-2-4-8-14)11-10-17-21(19,20)15-9-5-6-13(16)12-15/h2-9,12,17H,10-11,16H2,1H3. The van der Waals surface area contributed by atoms with E-state index in [1.54, 1.807) is 12.1 Å². The molecule has 0 aromatic heterocycles. The van der Waals surface area contributed by atoms with Gasteiger partial charge in [0, 0.05) is 31.5 Å². The van der Waals surface area contributed by atoms with E-state index in [2.05, 4.69) is 4.72 Å². The summed E-state index contributed by atoms with van der Waals surface area (Å²) in [5.74, 6) is 0. The normalized spacial score (nSPS) is 11.3. The summed E-state index contributed by atoms with van der Waals surface area (Å²) in [5, 5.41) is 0. The van der Waals surface area contributed by atoms with Crippen LogP contribution in [0.2, 0.25) is 0 Å². The van der Waals surface area contributed by atoms with Crippen LogP contribution in [0.15, 0.2) is 59.5 Å². The fourth-order valence-electron chi connectivity index (χ4n) is 1.92. The van der Waals surface area contributed by atoms with Crippen molar-refractivity contribution in [1.82, 2.24) is 4.72 Å². The number of rotatable bonds is 6. The number of nitrogens with one attached hydrogen (secondary N) is 1. The number of likely N-dealkylation sites (N-methyl/N-ethyl adjacent to an activating group) is 1. The first-order valence-corrected chi connectivity index (χ1v) is 8.09. The van der Waals surface area contributed by atoms with Crippen molar-refractivity contribution < 1.29 is 8.42 Å². The molecule has 0 saturated carbocycles. The maximum Gasteiger partial charge on any atom is 0.240 e. The second-order valence-corrected chi connectivity index (χ2v) is 6.49. The Bertz CT molecular complexity index is 687. The number of nitrogen functional groups attached to an aromatic ring is 1. The Morgan fingerprint density at radius 1 is 1.10 bits per heavy atom. The van der Waals surface area contributed by atoms with Crippen molar-refractivity contribution in [1.29, 1.82) is 0 Å². The van der Waals surface area contributed by atoms with E-state index >= 15 is 0 Å². The summed E-state index contributed by atoms with van der Waals surface area (Å²) in [6.45, 7) is 0.897. The molecule has 0 aliphatic carbocycles. The van der Waals surface area contributed by atoms with Crippen molar-refractivity contribution in [3.05, 3.63) is 54.6 Å². The molecule has 5 nitrogen and oxygen atoms in total. The highest BCUT2D eigenvalue weighted by molar-refractivity contribution is 7.89. The average Bonchev–Trinajstić information content (AvgIpc) is 2.48. The Balaban J connectivity index is 1.94. The maximum absolute atomic E-state index is 12.1. The first-order valence-electron chi connectivity index (χ1n) is 6.60. The largest absolute Gasteiger partial charge is 0.399 e. The number of sulfonamides is 1. The minimum absolute atomic E-state index is 0.185. The summed E-state index contributed by atoms with van der Waals surface area (Å²) in [6.07, 6.45) is 0. The van der Waals surface area contributed by atoms with E-state index in [4.69, 9.17) is 5.73 Å². The molecule has 2 aromatic carbocycles. The second kappa shape index (κ2) is 6.60. The second-order valence-electron chi connectivity index (χ2n) is 4.73. The summed E-state index contributed by atoms with van der Waals surface area (Å²) in [5.41, 5.74) is 7.08. The van der Waals surface area contributed by atoms with Crippen molar-refractivity contribution in [2.75, 3.05) is 30.8 Å². The summed E-state index contributed by atoms with van der Waals surface area (Å²) >= 11 is 0. The number of para-hydroxylation sites is 1. The van der Waals surface area contributed by atoms with Gasteiger partial charge >= 0.3 is 0 Å². The van der Waals surface area contributed by atoms with Gasteiger partial charge in [-0.25, -0.2) is 13.1 Å². The highest BCUT2D eigenvalue weighted by atomic mass is 32.2. The van der Waals surface area contributed by atoms with Gasteiger partial charge < -0.3 is 10.6 Å². The zero-order chi connectivity index (χ0) is 15.3. The number of anilines is 2. The average molecular weight is 305 g/mol. The van der Waals surface area contributed by atoms with E-state index in [1.807, 2.05) is 42.3 Å². The number of benzene rings is 2. The Morgan fingerprint density at radius 2 is 1.81 bits per heavy atom. The van der Waals surface area contributed by atoms with Gasteiger partial charge in [0.15, 0.2) is 0 Å². The van der Waals surface area contributed by atoms with Crippen molar-refractivity contribution >= 4 is 21.4 Å². The van der Waals surface area contributed by atoms with Gasteiger partial charge in [0.1, 0.15) is 0 Å². The number of hydrogen-bond acceptors (Lipinski definition) is 4. The summed E-state index contributed by atoms with van der Waals surface area (Å²) in [4.78, 5) is 2.17. The molecule has 0 amide bonds. The molecule has 21 heavy (non-hydrogen) atoms. The van der Waals surface area contributed by atoms with Crippen LogP contribution in [0.1, 0.15) is 0 Å². The lowest BCUT2D eigenvalue weighted by atomic mass is 10.3. The number of nitrogens with two attached hydrogens (primary N) is 1. The lowest BCUT2D eigenvalue weighted by Crippen LogP contribution is -2.33. The molecule has 0 fully saturated rings. The molecule has 0 aliphatic rings.